The normalized spacial score (nSPS) is 11.4. The number of nitrogen functional groups attached to an aromatic ring is 1. The summed E-state index contributed by atoms with van der Waals surface area (Å²) in [6.45, 7) is 0. The number of amides is 1. The second-order valence-electron chi connectivity index (χ2n) is 5.09. The Morgan fingerprint density at radius 3 is 2.56 bits per heavy atom. The Balaban J connectivity index is 1.84. The Kier molecular flexibility index (Phi) is 4.57. The average Bonchev–Trinajstić information content (AvgIpc) is 3.04. The van der Waals surface area contributed by atoms with Crippen molar-refractivity contribution in [1.82, 2.24) is 20.2 Å². The van der Waals surface area contributed by atoms with Gasteiger partial charge in [-0.25, -0.2) is 4.98 Å². The summed E-state index contributed by atoms with van der Waals surface area (Å²) in [6, 6.07) is 4.33. The molecule has 13 heteroatoms. The number of aromatic nitrogens is 4. The van der Waals surface area contributed by atoms with Crippen LogP contribution in [0.2, 0.25) is 5.02 Å². The zero-order valence-electron chi connectivity index (χ0n) is 13.1. The van der Waals surface area contributed by atoms with Crippen LogP contribution >= 0.6 is 11.6 Å². The van der Waals surface area contributed by atoms with Crippen molar-refractivity contribution in [3.63, 3.8) is 0 Å². The Bertz CT molecular complexity index is 1020. The minimum absolute atomic E-state index is 0.0229. The molecule has 2 aromatic heterocycles. The predicted octanol–water partition coefficient (Wildman–Crippen LogP) is 2.62. The monoisotopic (exact) mass is 399 g/mol. The Hall–Kier alpha value is -3.41. The first-order valence-electron chi connectivity index (χ1n) is 7.05. The van der Waals surface area contributed by atoms with Crippen molar-refractivity contribution in [2.75, 3.05) is 11.1 Å². The lowest BCUT2D eigenvalue weighted by Gasteiger charge is -2.08. The van der Waals surface area contributed by atoms with E-state index in [9.17, 15) is 18.0 Å². The lowest BCUT2D eigenvalue weighted by molar-refractivity contribution is -0.156. The maximum Gasteiger partial charge on any atom is 0.470 e. The third-order valence-electron chi connectivity index (χ3n) is 3.21. The number of anilines is 3. The SMILES string of the molecule is NC(=O)c1ccc(Nc2ncc(-c3nnc(C(F)(F)F)o3)c(N)n2)cc1Cl. The molecule has 0 unspecified atom stereocenters. The van der Waals surface area contributed by atoms with Crippen LogP contribution < -0.4 is 16.8 Å². The van der Waals surface area contributed by atoms with E-state index in [4.69, 9.17) is 23.1 Å². The molecule has 140 valence electrons. The third-order valence-corrected chi connectivity index (χ3v) is 3.52. The van der Waals surface area contributed by atoms with E-state index in [1.807, 2.05) is 0 Å². The number of hydrogen-bond donors (Lipinski definition) is 3. The van der Waals surface area contributed by atoms with E-state index in [0.717, 1.165) is 6.20 Å². The van der Waals surface area contributed by atoms with Crippen molar-refractivity contribution in [1.29, 1.82) is 0 Å². The summed E-state index contributed by atoms with van der Waals surface area (Å²) < 4.78 is 42.1. The molecule has 0 saturated heterocycles. The van der Waals surface area contributed by atoms with Crippen molar-refractivity contribution in [2.45, 2.75) is 6.18 Å². The summed E-state index contributed by atoms with van der Waals surface area (Å²) in [5, 5.41) is 9.08. The standard InChI is InChI=1S/C14H9ClF3N7O2/c15-8-3-5(1-2-6(8)10(20)26)22-13-21-4-7(9(19)23-13)11-24-25-12(27-11)14(16,17)18/h1-4H,(H2,20,26)(H3,19,21,22,23). The highest BCUT2D eigenvalue weighted by atomic mass is 35.5. The van der Waals surface area contributed by atoms with Gasteiger partial charge in [-0.15, -0.1) is 10.2 Å². The molecule has 2 heterocycles. The van der Waals surface area contributed by atoms with Crippen LogP contribution in [0.1, 0.15) is 16.2 Å². The highest BCUT2D eigenvalue weighted by molar-refractivity contribution is 6.34. The molecule has 9 nitrogen and oxygen atoms in total. The zero-order chi connectivity index (χ0) is 19.8. The van der Waals surface area contributed by atoms with E-state index in [0.29, 0.717) is 5.69 Å². The van der Waals surface area contributed by atoms with Crippen LogP contribution in [0.3, 0.4) is 0 Å². The molecule has 0 aliphatic carbocycles. The molecule has 3 rings (SSSR count). The van der Waals surface area contributed by atoms with E-state index >= 15 is 0 Å². The van der Waals surface area contributed by atoms with Gasteiger partial charge in [0.1, 0.15) is 5.82 Å². The first kappa shape index (κ1) is 18.4. The zero-order valence-corrected chi connectivity index (χ0v) is 13.8. The molecule has 5 N–H and O–H groups in total. The van der Waals surface area contributed by atoms with Gasteiger partial charge in [0.15, 0.2) is 0 Å². The number of nitrogens with two attached hydrogens (primary N) is 2. The first-order valence-corrected chi connectivity index (χ1v) is 7.43. The average molecular weight is 400 g/mol. The van der Waals surface area contributed by atoms with Gasteiger partial charge in [-0.1, -0.05) is 11.6 Å². The Labute approximate surface area is 153 Å². The van der Waals surface area contributed by atoms with Gasteiger partial charge in [0.2, 0.25) is 11.9 Å². The van der Waals surface area contributed by atoms with Gasteiger partial charge in [-0.2, -0.15) is 18.2 Å². The molecule has 0 saturated carbocycles. The van der Waals surface area contributed by atoms with Crippen LogP contribution in [0.4, 0.5) is 30.6 Å². The summed E-state index contributed by atoms with van der Waals surface area (Å²) in [5.74, 6) is -2.84. The van der Waals surface area contributed by atoms with Crippen molar-refractivity contribution in [2.24, 2.45) is 5.73 Å². The molecular weight excluding hydrogens is 391 g/mol. The smallest absolute Gasteiger partial charge is 0.412 e. The maximum atomic E-state index is 12.5. The third kappa shape index (κ3) is 3.89. The van der Waals surface area contributed by atoms with Gasteiger partial charge in [0.05, 0.1) is 16.1 Å². The molecule has 1 aromatic carbocycles. The van der Waals surface area contributed by atoms with Crippen LogP contribution in [0.5, 0.6) is 0 Å². The lowest BCUT2D eigenvalue weighted by atomic mass is 10.2. The summed E-state index contributed by atoms with van der Waals surface area (Å²) in [6.07, 6.45) is -3.66. The van der Waals surface area contributed by atoms with Crippen LogP contribution in [-0.4, -0.2) is 26.1 Å². The van der Waals surface area contributed by atoms with Crippen LogP contribution in [0, 0.1) is 0 Å². The summed E-state index contributed by atoms with van der Waals surface area (Å²) in [5.41, 5.74) is 11.4. The Morgan fingerprint density at radius 1 is 1.26 bits per heavy atom. The molecule has 0 bridgehead atoms. The molecule has 3 aromatic rings. The van der Waals surface area contributed by atoms with Crippen molar-refractivity contribution in [3.05, 3.63) is 40.9 Å². The number of carbonyl (C=O) groups is 1. The van der Waals surface area contributed by atoms with E-state index in [1.165, 1.54) is 18.2 Å². The van der Waals surface area contributed by atoms with Crippen molar-refractivity contribution >= 4 is 35.0 Å². The van der Waals surface area contributed by atoms with E-state index in [1.54, 1.807) is 0 Å². The molecule has 0 spiro atoms. The van der Waals surface area contributed by atoms with Crippen molar-refractivity contribution in [3.8, 4) is 11.5 Å². The summed E-state index contributed by atoms with van der Waals surface area (Å²) >= 11 is 5.94. The van der Waals surface area contributed by atoms with E-state index < -0.39 is 23.9 Å². The number of carbonyl (C=O) groups excluding carboxylic acids is 1. The number of nitrogens with zero attached hydrogens (tertiary/aromatic N) is 4. The number of alkyl halides is 3. The molecule has 0 fully saturated rings. The second-order valence-corrected chi connectivity index (χ2v) is 5.49. The minimum atomic E-state index is -4.78. The quantitative estimate of drug-likeness (QED) is 0.606. The van der Waals surface area contributed by atoms with Gasteiger partial charge in [-0.3, -0.25) is 4.79 Å². The van der Waals surface area contributed by atoms with E-state index in [-0.39, 0.29) is 27.9 Å². The molecule has 0 aliphatic heterocycles. The number of halogens is 4. The summed E-state index contributed by atoms with van der Waals surface area (Å²) in [7, 11) is 0. The topological polar surface area (TPSA) is 146 Å². The second kappa shape index (κ2) is 6.72. The minimum Gasteiger partial charge on any atom is -0.412 e. The van der Waals surface area contributed by atoms with Gasteiger partial charge < -0.3 is 21.2 Å². The van der Waals surface area contributed by atoms with Crippen molar-refractivity contribution < 1.29 is 22.4 Å². The van der Waals surface area contributed by atoms with Gasteiger partial charge >= 0.3 is 12.1 Å². The maximum absolute atomic E-state index is 12.5. The number of nitrogens with one attached hydrogen (secondary N) is 1. The number of primary amides is 1. The Morgan fingerprint density at radius 2 is 2.00 bits per heavy atom. The fourth-order valence-corrected chi connectivity index (χ4v) is 2.26. The fourth-order valence-electron chi connectivity index (χ4n) is 1.99. The van der Waals surface area contributed by atoms with Crippen LogP contribution in [-0.2, 0) is 6.18 Å². The lowest BCUT2D eigenvalue weighted by Crippen LogP contribution is -2.11. The highest BCUT2D eigenvalue weighted by Crippen LogP contribution is 2.32. The first-order chi connectivity index (χ1) is 12.6. The largest absolute Gasteiger partial charge is 0.470 e. The number of rotatable bonds is 4. The van der Waals surface area contributed by atoms with Crippen LogP contribution in [0.15, 0.2) is 28.8 Å². The summed E-state index contributed by atoms with van der Waals surface area (Å²) in [4.78, 5) is 19.0. The number of hydrogen-bond acceptors (Lipinski definition) is 8. The van der Waals surface area contributed by atoms with E-state index in [2.05, 4.69) is 29.9 Å². The van der Waals surface area contributed by atoms with Gasteiger partial charge in [0, 0.05) is 11.9 Å². The van der Waals surface area contributed by atoms with Crippen LogP contribution in [0.25, 0.3) is 11.5 Å². The molecule has 0 aliphatic rings. The molecule has 27 heavy (non-hydrogen) atoms. The predicted molar refractivity (Wildman–Crippen MR) is 88.0 cm³/mol. The molecule has 1 amide bonds. The van der Waals surface area contributed by atoms with Gasteiger partial charge in [0.25, 0.3) is 5.89 Å². The molecular formula is C14H9ClF3N7O2. The molecule has 0 radical (unpaired) electrons. The molecule has 0 atom stereocenters. The number of benzene rings is 1. The van der Waals surface area contributed by atoms with Gasteiger partial charge in [-0.05, 0) is 18.2 Å². The fraction of sp³-hybridized carbons (Fsp3) is 0.0714. The highest BCUT2D eigenvalue weighted by Gasteiger charge is 2.38.